The van der Waals surface area contributed by atoms with Crippen molar-refractivity contribution in [2.45, 2.75) is 12.8 Å². The fourth-order valence-electron chi connectivity index (χ4n) is 1.07. The zero-order chi connectivity index (χ0) is 10.7. The van der Waals surface area contributed by atoms with Crippen LogP contribution in [0, 0.1) is 0 Å². The molecule has 2 aromatic heterocycles. The number of thiophene rings is 1. The highest BCUT2D eigenvalue weighted by atomic mass is 32.1. The Morgan fingerprint density at radius 2 is 2.40 bits per heavy atom. The number of aromatic nitrogens is 2. The standard InChI is InChI=1S/C9H8N2O3S/c12-8(13)2-1-7-10-11-9(14-7)6-3-4-15-5-6/h3-5H,1-2H2,(H,12,13). The molecule has 2 rings (SSSR count). The molecule has 1 N–H and O–H groups in total. The van der Waals surface area contributed by atoms with Crippen LogP contribution in [0.4, 0.5) is 0 Å². The van der Waals surface area contributed by atoms with Gasteiger partial charge in [0.25, 0.3) is 0 Å². The Bertz CT molecular complexity index is 450. The summed E-state index contributed by atoms with van der Waals surface area (Å²) in [6.45, 7) is 0. The number of nitrogens with zero attached hydrogens (tertiary/aromatic N) is 2. The fraction of sp³-hybridized carbons (Fsp3) is 0.222. The van der Waals surface area contributed by atoms with E-state index in [1.807, 2.05) is 16.8 Å². The molecule has 0 aliphatic carbocycles. The van der Waals surface area contributed by atoms with Crippen molar-refractivity contribution in [1.29, 1.82) is 0 Å². The number of hydrogen-bond donors (Lipinski definition) is 1. The summed E-state index contributed by atoms with van der Waals surface area (Å²) in [7, 11) is 0. The average Bonchev–Trinajstić information content (AvgIpc) is 2.85. The molecule has 0 radical (unpaired) electrons. The van der Waals surface area contributed by atoms with Crippen LogP contribution >= 0.6 is 11.3 Å². The number of carbonyl (C=O) groups is 1. The van der Waals surface area contributed by atoms with Crippen LogP contribution in [-0.2, 0) is 11.2 Å². The minimum absolute atomic E-state index is 0.00523. The molecule has 0 amide bonds. The molecule has 0 saturated carbocycles. The Labute approximate surface area is 89.4 Å². The molecule has 2 heterocycles. The van der Waals surface area contributed by atoms with Crippen molar-refractivity contribution < 1.29 is 14.3 Å². The van der Waals surface area contributed by atoms with E-state index in [0.29, 0.717) is 11.8 Å². The topological polar surface area (TPSA) is 76.2 Å². The molecule has 0 unspecified atom stereocenters. The van der Waals surface area contributed by atoms with Crippen molar-refractivity contribution >= 4 is 17.3 Å². The monoisotopic (exact) mass is 224 g/mol. The van der Waals surface area contributed by atoms with E-state index in [1.54, 1.807) is 11.3 Å². The van der Waals surface area contributed by atoms with Crippen LogP contribution in [0.3, 0.4) is 0 Å². The highest BCUT2D eigenvalue weighted by Gasteiger charge is 2.09. The van der Waals surface area contributed by atoms with Gasteiger partial charge in [-0.25, -0.2) is 0 Å². The first kappa shape index (κ1) is 9.85. The molecule has 0 aliphatic heterocycles. The van der Waals surface area contributed by atoms with E-state index in [0.717, 1.165) is 5.56 Å². The molecule has 0 bridgehead atoms. The molecule has 0 saturated heterocycles. The van der Waals surface area contributed by atoms with Gasteiger partial charge in [0.1, 0.15) is 0 Å². The van der Waals surface area contributed by atoms with Gasteiger partial charge in [0, 0.05) is 17.4 Å². The minimum atomic E-state index is -0.870. The van der Waals surface area contributed by atoms with Crippen molar-refractivity contribution in [2.24, 2.45) is 0 Å². The molecule has 0 aromatic carbocycles. The number of carboxylic acids is 1. The Morgan fingerprint density at radius 1 is 1.53 bits per heavy atom. The van der Waals surface area contributed by atoms with Crippen molar-refractivity contribution in [3.8, 4) is 11.5 Å². The van der Waals surface area contributed by atoms with Crippen molar-refractivity contribution in [3.05, 3.63) is 22.7 Å². The van der Waals surface area contributed by atoms with Gasteiger partial charge in [-0.05, 0) is 11.4 Å². The van der Waals surface area contributed by atoms with Crippen molar-refractivity contribution in [2.75, 3.05) is 0 Å². The van der Waals surface area contributed by atoms with Crippen molar-refractivity contribution in [3.63, 3.8) is 0 Å². The van der Waals surface area contributed by atoms with Crippen LogP contribution < -0.4 is 0 Å². The second-order valence-electron chi connectivity index (χ2n) is 2.91. The largest absolute Gasteiger partial charge is 0.481 e. The van der Waals surface area contributed by atoms with E-state index in [-0.39, 0.29) is 12.8 Å². The molecule has 15 heavy (non-hydrogen) atoms. The third kappa shape index (κ3) is 2.41. The maximum absolute atomic E-state index is 10.3. The summed E-state index contributed by atoms with van der Waals surface area (Å²) < 4.78 is 5.30. The maximum Gasteiger partial charge on any atom is 0.303 e. The predicted molar refractivity (Wildman–Crippen MR) is 53.6 cm³/mol. The third-order valence-corrected chi connectivity index (χ3v) is 2.47. The first-order valence-electron chi connectivity index (χ1n) is 4.32. The Morgan fingerprint density at radius 3 is 3.07 bits per heavy atom. The zero-order valence-corrected chi connectivity index (χ0v) is 8.53. The van der Waals surface area contributed by atoms with E-state index < -0.39 is 5.97 Å². The zero-order valence-electron chi connectivity index (χ0n) is 7.71. The summed E-state index contributed by atoms with van der Waals surface area (Å²) >= 11 is 1.54. The van der Waals surface area contributed by atoms with Crippen LogP contribution in [0.1, 0.15) is 12.3 Å². The summed E-state index contributed by atoms with van der Waals surface area (Å²) in [5.74, 6) is -0.0690. The highest BCUT2D eigenvalue weighted by Crippen LogP contribution is 2.20. The lowest BCUT2D eigenvalue weighted by molar-refractivity contribution is -0.137. The predicted octanol–water partition coefficient (Wildman–Crippen LogP) is 1.82. The van der Waals surface area contributed by atoms with Crippen LogP contribution in [0.2, 0.25) is 0 Å². The Hall–Kier alpha value is -1.69. The molecule has 78 valence electrons. The van der Waals surface area contributed by atoms with E-state index in [4.69, 9.17) is 9.52 Å². The van der Waals surface area contributed by atoms with Crippen LogP contribution in [0.25, 0.3) is 11.5 Å². The second kappa shape index (κ2) is 4.22. The second-order valence-corrected chi connectivity index (χ2v) is 3.69. The number of hydrogen-bond acceptors (Lipinski definition) is 5. The van der Waals surface area contributed by atoms with Gasteiger partial charge < -0.3 is 9.52 Å². The summed E-state index contributed by atoms with van der Waals surface area (Å²) in [4.78, 5) is 10.3. The lowest BCUT2D eigenvalue weighted by Crippen LogP contribution is -1.97. The molecule has 2 aromatic rings. The van der Waals surface area contributed by atoms with Gasteiger partial charge in [-0.15, -0.1) is 10.2 Å². The molecular weight excluding hydrogens is 216 g/mol. The molecule has 6 heteroatoms. The SMILES string of the molecule is O=C(O)CCc1nnc(-c2ccsc2)o1. The lowest BCUT2D eigenvalue weighted by Gasteiger charge is -1.89. The fourth-order valence-corrected chi connectivity index (χ4v) is 1.70. The van der Waals surface area contributed by atoms with Crippen LogP contribution in [0.5, 0.6) is 0 Å². The summed E-state index contributed by atoms with van der Waals surface area (Å²) in [6.07, 6.45) is 0.276. The molecule has 0 fully saturated rings. The van der Waals surface area contributed by atoms with Crippen molar-refractivity contribution in [1.82, 2.24) is 10.2 Å². The van der Waals surface area contributed by atoms with E-state index in [2.05, 4.69) is 10.2 Å². The Kier molecular flexibility index (Phi) is 2.77. The number of rotatable bonds is 4. The van der Waals surface area contributed by atoms with Gasteiger partial charge in [-0.2, -0.15) is 11.3 Å². The molecule has 0 spiro atoms. The van der Waals surface area contributed by atoms with E-state index >= 15 is 0 Å². The van der Waals surface area contributed by atoms with E-state index in [1.165, 1.54) is 0 Å². The number of carboxylic acid groups (broad SMARTS) is 1. The normalized spacial score (nSPS) is 10.4. The maximum atomic E-state index is 10.3. The smallest absolute Gasteiger partial charge is 0.303 e. The van der Waals surface area contributed by atoms with Gasteiger partial charge in [0.05, 0.1) is 6.42 Å². The summed E-state index contributed by atoms with van der Waals surface area (Å²) in [5.41, 5.74) is 0.870. The van der Waals surface area contributed by atoms with Gasteiger partial charge in [0.15, 0.2) is 0 Å². The quantitative estimate of drug-likeness (QED) is 0.857. The van der Waals surface area contributed by atoms with Crippen LogP contribution in [0.15, 0.2) is 21.2 Å². The first-order chi connectivity index (χ1) is 7.25. The average molecular weight is 224 g/mol. The summed E-state index contributed by atoms with van der Waals surface area (Å²) in [5, 5.41) is 19.9. The molecule has 0 aliphatic rings. The van der Waals surface area contributed by atoms with E-state index in [9.17, 15) is 4.79 Å². The molecular formula is C9H8N2O3S. The minimum Gasteiger partial charge on any atom is -0.481 e. The van der Waals surface area contributed by atoms with Gasteiger partial charge in [-0.3, -0.25) is 4.79 Å². The lowest BCUT2D eigenvalue weighted by atomic mass is 10.3. The first-order valence-corrected chi connectivity index (χ1v) is 5.27. The molecule has 0 atom stereocenters. The number of aliphatic carboxylic acids is 1. The van der Waals surface area contributed by atoms with Crippen LogP contribution in [-0.4, -0.2) is 21.3 Å². The Balaban J connectivity index is 2.08. The third-order valence-electron chi connectivity index (χ3n) is 1.79. The molecule has 5 nitrogen and oxygen atoms in total. The van der Waals surface area contributed by atoms with Gasteiger partial charge in [0.2, 0.25) is 11.8 Å². The number of aryl methyl sites for hydroxylation is 1. The highest BCUT2D eigenvalue weighted by molar-refractivity contribution is 7.08. The van der Waals surface area contributed by atoms with Gasteiger partial charge >= 0.3 is 5.97 Å². The van der Waals surface area contributed by atoms with Gasteiger partial charge in [-0.1, -0.05) is 0 Å². The summed E-state index contributed by atoms with van der Waals surface area (Å²) in [6, 6.07) is 1.87.